The van der Waals surface area contributed by atoms with E-state index >= 15 is 0 Å². The Hall–Kier alpha value is -2.63. The van der Waals surface area contributed by atoms with E-state index in [9.17, 15) is 21.6 Å². The van der Waals surface area contributed by atoms with Gasteiger partial charge in [-0.2, -0.15) is 13.2 Å². The summed E-state index contributed by atoms with van der Waals surface area (Å²) in [4.78, 5) is 9.60. The van der Waals surface area contributed by atoms with E-state index in [0.29, 0.717) is 9.09 Å². The van der Waals surface area contributed by atoms with Crippen LogP contribution >= 0.6 is 23.1 Å². The molecule has 3 N–H and O–H groups in total. The Labute approximate surface area is 185 Å². The molecule has 164 valence electrons. The van der Waals surface area contributed by atoms with Crippen LogP contribution in [0.3, 0.4) is 0 Å². The van der Waals surface area contributed by atoms with E-state index in [1.54, 1.807) is 18.2 Å². The number of hydrogen-bond acceptors (Lipinski definition) is 6. The predicted octanol–water partition coefficient (Wildman–Crippen LogP) is 5.00. The van der Waals surface area contributed by atoms with Gasteiger partial charge in [0.2, 0.25) is 16.1 Å². The molecule has 31 heavy (non-hydrogen) atoms. The lowest BCUT2D eigenvalue weighted by Gasteiger charge is -2.07. The van der Waals surface area contributed by atoms with Crippen LogP contribution in [0.25, 0.3) is 11.1 Å². The molecule has 11 heteroatoms. The number of nitrogen functional groups attached to an aromatic ring is 1. The molecule has 0 aliphatic rings. The normalized spacial score (nSPS) is 11.4. The molecule has 0 unspecified atom stereocenters. The summed E-state index contributed by atoms with van der Waals surface area (Å²) in [5.41, 5.74) is 7.32. The average molecular weight is 487 g/mol. The Bertz CT molecular complexity index is 1180. The minimum Gasteiger partial charge on any atom is -0.383 e. The smallest absolute Gasteiger partial charge is 0.383 e. The summed E-state index contributed by atoms with van der Waals surface area (Å²) in [6.45, 7) is 0. The number of thioether (sulfide) groups is 1. The van der Waals surface area contributed by atoms with E-state index < -0.39 is 22.3 Å². The highest BCUT2D eigenvalue weighted by atomic mass is 32.2. The van der Waals surface area contributed by atoms with Crippen molar-refractivity contribution < 1.29 is 26.4 Å². The molecule has 1 aromatic heterocycles. The summed E-state index contributed by atoms with van der Waals surface area (Å²) < 4.78 is 58.1. The van der Waals surface area contributed by atoms with Crippen LogP contribution in [0, 0.1) is 5.41 Å². The molecule has 0 fully saturated rings. The highest BCUT2D eigenvalue weighted by Crippen LogP contribution is 2.37. The molecular weight excluding hydrogens is 469 g/mol. The topological polar surface area (TPSA) is 101 Å². The van der Waals surface area contributed by atoms with Gasteiger partial charge in [-0.3, -0.25) is 10.2 Å². The van der Waals surface area contributed by atoms with E-state index in [1.807, 2.05) is 42.7 Å². The van der Waals surface area contributed by atoms with Crippen LogP contribution in [-0.4, -0.2) is 33.0 Å². The van der Waals surface area contributed by atoms with Crippen molar-refractivity contribution in [1.29, 1.82) is 5.41 Å². The molecule has 0 atom stereocenters. The largest absolute Gasteiger partial charge is 0.446 e. The third kappa shape index (κ3) is 6.42. The van der Waals surface area contributed by atoms with Crippen LogP contribution in [0.2, 0.25) is 0 Å². The van der Waals surface area contributed by atoms with Crippen LogP contribution in [0.15, 0.2) is 74.7 Å². The molecule has 2 aromatic carbocycles. The van der Waals surface area contributed by atoms with Crippen LogP contribution in [-0.2, 0) is 14.6 Å². The monoisotopic (exact) mass is 486 g/mol. The van der Waals surface area contributed by atoms with E-state index in [4.69, 9.17) is 15.9 Å². The number of nitrogens with two attached hydrogens (primary N) is 1. The highest BCUT2D eigenvalue weighted by Gasteiger charge is 2.25. The van der Waals surface area contributed by atoms with Crippen LogP contribution in [0.1, 0.15) is 4.88 Å². The van der Waals surface area contributed by atoms with Gasteiger partial charge >= 0.3 is 6.18 Å². The van der Waals surface area contributed by atoms with Crippen LogP contribution in [0.4, 0.5) is 13.2 Å². The Kier molecular flexibility index (Phi) is 8.04. The lowest BCUT2D eigenvalue weighted by molar-refractivity contribution is -0.156. The second kappa shape index (κ2) is 10.1. The molecule has 0 aliphatic heterocycles. The molecule has 0 saturated carbocycles. The molecule has 0 radical (unpaired) electrons. The number of amidine groups is 1. The maximum atomic E-state index is 13.1. The molecule has 0 amide bonds. The number of carbonyl (C=O) groups is 1. The summed E-state index contributed by atoms with van der Waals surface area (Å²) in [6, 6.07) is 18.0. The second-order valence-corrected chi connectivity index (χ2v) is 9.98. The van der Waals surface area contributed by atoms with E-state index in [2.05, 4.69) is 0 Å². The maximum Gasteiger partial charge on any atom is 0.446 e. The van der Waals surface area contributed by atoms with Crippen molar-refractivity contribution in [2.75, 3.05) is 6.26 Å². The third-order valence-electron chi connectivity index (χ3n) is 3.79. The highest BCUT2D eigenvalue weighted by molar-refractivity contribution is 8.01. The lowest BCUT2D eigenvalue weighted by Crippen LogP contribution is -2.08. The zero-order valence-corrected chi connectivity index (χ0v) is 18.5. The third-order valence-corrected chi connectivity index (χ3v) is 8.13. The number of hydrogen-bond donors (Lipinski definition) is 2. The molecular formula is C20H17F3N2O3S3. The minimum absolute atomic E-state index is 0.125. The van der Waals surface area contributed by atoms with E-state index in [-0.39, 0.29) is 15.6 Å². The molecule has 5 nitrogen and oxygen atoms in total. The fourth-order valence-corrected chi connectivity index (χ4v) is 6.32. The number of alkyl halides is 3. The van der Waals surface area contributed by atoms with Crippen molar-refractivity contribution in [2.45, 2.75) is 20.2 Å². The molecule has 0 saturated heterocycles. The first-order valence-corrected chi connectivity index (χ1v) is 12.0. The maximum absolute atomic E-state index is 13.1. The molecule has 0 bridgehead atoms. The number of aldehydes is 1. The Balaban J connectivity index is 0.000000501. The number of sulfone groups is 1. The van der Waals surface area contributed by atoms with Crippen LogP contribution in [0.5, 0.6) is 0 Å². The summed E-state index contributed by atoms with van der Waals surface area (Å²) in [5, 5.41) is 7.56. The first kappa shape index (κ1) is 24.6. The Morgan fingerprint density at radius 3 is 2.16 bits per heavy atom. The number of thiophene rings is 1. The number of benzene rings is 2. The standard InChI is InChI=1S/C18H16N2O2S3.C2HF3O/c1-23-18-16(11-15(24-18)17(19)20)25(21,22)14-9-5-8-13(10-14)12-6-3-2-4-7-12;3-2(4,5)1-6/h2-11H,1H3,(H3,19,20);1H. The minimum atomic E-state index is -4.64. The predicted molar refractivity (Wildman–Crippen MR) is 117 cm³/mol. The summed E-state index contributed by atoms with van der Waals surface area (Å²) in [6.07, 6.45) is -3.89. The van der Waals surface area contributed by atoms with Gasteiger partial charge in [0.15, 0.2) is 0 Å². The zero-order valence-electron chi connectivity index (χ0n) is 16.0. The van der Waals surface area contributed by atoms with Gasteiger partial charge in [0, 0.05) is 0 Å². The fraction of sp³-hybridized carbons (Fsp3) is 0.100. The number of rotatable bonds is 5. The second-order valence-electron chi connectivity index (χ2n) is 5.94. The zero-order chi connectivity index (χ0) is 23.2. The first-order valence-electron chi connectivity index (χ1n) is 8.45. The Morgan fingerprint density at radius 1 is 1.06 bits per heavy atom. The van der Waals surface area contributed by atoms with Gasteiger partial charge in [0.1, 0.15) is 5.84 Å². The van der Waals surface area contributed by atoms with Crippen molar-refractivity contribution in [2.24, 2.45) is 5.73 Å². The van der Waals surface area contributed by atoms with E-state index in [0.717, 1.165) is 11.1 Å². The SMILES string of the molecule is CSc1sc(C(=N)N)cc1S(=O)(=O)c1cccc(-c2ccccc2)c1.O=CC(F)(F)F. The van der Waals surface area contributed by atoms with Crippen molar-refractivity contribution >= 4 is 45.1 Å². The summed E-state index contributed by atoms with van der Waals surface area (Å²) >= 11 is 2.57. The molecule has 0 aliphatic carbocycles. The van der Waals surface area contributed by atoms with Gasteiger partial charge in [0.25, 0.3) is 0 Å². The molecule has 1 heterocycles. The Morgan fingerprint density at radius 2 is 1.65 bits per heavy atom. The number of carbonyl (C=O) groups excluding carboxylic acids is 1. The van der Waals surface area contributed by atoms with E-state index in [1.165, 1.54) is 29.2 Å². The van der Waals surface area contributed by atoms with Crippen molar-refractivity contribution in [1.82, 2.24) is 0 Å². The van der Waals surface area contributed by atoms with Crippen molar-refractivity contribution in [3.8, 4) is 11.1 Å². The quantitative estimate of drug-likeness (QED) is 0.229. The molecule has 3 rings (SSSR count). The van der Waals surface area contributed by atoms with Crippen molar-refractivity contribution in [3.63, 3.8) is 0 Å². The number of halogens is 3. The van der Waals surface area contributed by atoms with Gasteiger partial charge in [-0.25, -0.2) is 8.42 Å². The van der Waals surface area contributed by atoms with Crippen molar-refractivity contribution in [3.05, 3.63) is 65.5 Å². The van der Waals surface area contributed by atoms with Gasteiger partial charge in [-0.05, 0) is 35.6 Å². The summed E-state index contributed by atoms with van der Waals surface area (Å²) in [7, 11) is -3.69. The average Bonchev–Trinajstić information content (AvgIpc) is 3.20. The van der Waals surface area contributed by atoms with Gasteiger partial charge in [0.05, 0.1) is 18.9 Å². The van der Waals surface area contributed by atoms with Gasteiger partial charge in [-0.1, -0.05) is 42.5 Å². The van der Waals surface area contributed by atoms with Gasteiger partial charge in [-0.15, -0.1) is 23.1 Å². The first-order chi connectivity index (χ1) is 14.5. The fourth-order valence-electron chi connectivity index (χ4n) is 2.42. The molecule has 0 spiro atoms. The van der Waals surface area contributed by atoms with Crippen LogP contribution < -0.4 is 5.73 Å². The lowest BCUT2D eigenvalue weighted by atomic mass is 10.1. The van der Waals surface area contributed by atoms with Gasteiger partial charge < -0.3 is 5.73 Å². The molecule has 3 aromatic rings. The number of nitrogens with one attached hydrogen (secondary N) is 1. The summed E-state index contributed by atoms with van der Waals surface area (Å²) in [5.74, 6) is -0.125.